The number of carboxylic acids is 1. The van der Waals surface area contributed by atoms with Gasteiger partial charge in [-0.25, -0.2) is 19.8 Å². The Labute approximate surface area is 808 Å². The molecular formula is C110H136N12O14S. The van der Waals surface area contributed by atoms with Gasteiger partial charge in [0.2, 0.25) is 0 Å². The summed E-state index contributed by atoms with van der Waals surface area (Å²) in [6.45, 7) is 24.9. The van der Waals surface area contributed by atoms with E-state index < -0.39 is 42.0 Å². The Morgan fingerprint density at radius 3 is 1.20 bits per heavy atom. The molecule has 13 N–H and O–H groups in total. The minimum absolute atomic E-state index is 0.0450. The van der Waals surface area contributed by atoms with Gasteiger partial charge in [0, 0.05) is 23.2 Å². The largest absolute Gasteiger partial charge is 0.511 e. The number of piperidine rings is 4. The molecule has 27 heteroatoms. The molecule has 0 spiro atoms. The number of amides is 4. The number of rotatable bonds is 44. The lowest BCUT2D eigenvalue weighted by Crippen LogP contribution is -2.45. The number of hydrogen-bond acceptors (Lipinski definition) is 21. The van der Waals surface area contributed by atoms with Crippen molar-refractivity contribution in [2.24, 2.45) is 28.7 Å². The number of fused-ring (bicyclic) bond motifs is 4. The topological polar surface area (TPSA) is 366 Å². The predicted molar refractivity (Wildman–Crippen MR) is 543 cm³/mol. The molecule has 5 aliphatic rings. The number of unbranched alkanes of at least 4 members (excludes halogenated alkanes) is 4. The van der Waals surface area contributed by atoms with Crippen molar-refractivity contribution in [1.29, 1.82) is 0 Å². The Bertz CT molecular complexity index is 5180. The Morgan fingerprint density at radius 2 is 0.788 bits per heavy atom. The van der Waals surface area contributed by atoms with Crippen molar-refractivity contribution in [2.45, 2.75) is 191 Å². The van der Waals surface area contributed by atoms with E-state index in [0.29, 0.717) is 60.0 Å². The standard InChI is InChI=1S/C28H35N3O4.C28H35N3O3.C27H33N3O4.C27H33N3O3S/c1-19-23-7-2-3-8-24(23)30-26(19)27(32)31-25(28(33)34)18-21-9-11-22(12-10-21)35-17-5-4-6-20-13-15-29-16-14-20;1-20(32)26(31-28(33)27-19-23-7-2-3-8-25(23)30-27)18-22-9-11-24(12-10-22)34-17-5-4-6-21-13-15-29-16-14-21;2*1-19(31)24(29-26(32)27-30-23-7-2-3-8-25(23)34-27)18-21-9-11-22(12-10-21)33-17-5-4-6-20-13-15-28-16-14-20/h2-3,7-12,19-20,25,29H,4-6,13-18H2,1H3,(H,31,32)(H,33,34);2-3,7-12,19,21,26,29-30,32H,1,4-6,13-18H2,(H,31,33);2*2-3,7-12,20,24,28,31H,1,4-6,13-18H2,(H,29,32). The molecule has 0 aliphatic carbocycles. The number of carbonyl (C=O) groups excluding carboxylic acids is 4. The van der Waals surface area contributed by atoms with Gasteiger partial charge in [-0.2, -0.15) is 0 Å². The highest BCUT2D eigenvalue weighted by atomic mass is 32.1. The highest BCUT2D eigenvalue weighted by Gasteiger charge is 2.32. The van der Waals surface area contributed by atoms with Crippen molar-refractivity contribution in [3.05, 3.63) is 282 Å². The van der Waals surface area contributed by atoms with Crippen LogP contribution in [-0.2, 0) is 35.3 Å². The van der Waals surface area contributed by atoms with Crippen molar-refractivity contribution in [1.82, 2.24) is 57.5 Å². The Morgan fingerprint density at radius 1 is 0.416 bits per heavy atom. The maximum absolute atomic E-state index is 12.8. The lowest BCUT2D eigenvalue weighted by molar-refractivity contribution is -0.141. The number of nitrogens with zero attached hydrogens (tertiary/aromatic N) is 3. The molecule has 8 heterocycles. The Hall–Kier alpha value is -12.7. The number of benzene rings is 8. The summed E-state index contributed by atoms with van der Waals surface area (Å²) in [5, 5.41) is 66.0. The van der Waals surface area contributed by atoms with Crippen molar-refractivity contribution in [3.8, 4) is 23.0 Å². The molecule has 0 saturated carbocycles. The average molecular weight is 1880 g/mol. The summed E-state index contributed by atoms with van der Waals surface area (Å²) in [5.74, 6) is 3.61. The van der Waals surface area contributed by atoms with E-state index in [0.717, 1.165) is 193 Å². The third-order valence-electron chi connectivity index (χ3n) is 26.2. The van der Waals surface area contributed by atoms with Crippen LogP contribution in [0, 0.1) is 23.7 Å². The minimum Gasteiger partial charge on any atom is -0.511 e. The molecule has 4 saturated heterocycles. The summed E-state index contributed by atoms with van der Waals surface area (Å²) in [7, 11) is 0. The number of aliphatic imine (C=N–C) groups is 1. The number of aromatic nitrogens is 3. The van der Waals surface area contributed by atoms with E-state index in [4.69, 9.17) is 23.4 Å². The molecule has 26 nitrogen and oxygen atoms in total. The first kappa shape index (κ1) is 102. The first-order chi connectivity index (χ1) is 66.7. The van der Waals surface area contributed by atoms with Crippen LogP contribution in [0.1, 0.15) is 200 Å². The van der Waals surface area contributed by atoms with Crippen LogP contribution in [0.5, 0.6) is 23.0 Å². The van der Waals surface area contributed by atoms with Crippen molar-refractivity contribution in [3.63, 3.8) is 0 Å². The lowest BCUT2D eigenvalue weighted by Gasteiger charge is -2.22. The average Bonchev–Trinajstić information content (AvgIpc) is 1.66. The van der Waals surface area contributed by atoms with Gasteiger partial charge in [0.15, 0.2) is 10.6 Å². The molecule has 3 aromatic heterocycles. The summed E-state index contributed by atoms with van der Waals surface area (Å²) < 4.78 is 30.0. The number of thiazole rings is 1. The number of ether oxygens (including phenoxy) is 4. The Balaban J connectivity index is 0.000000154. The predicted octanol–water partition coefficient (Wildman–Crippen LogP) is 19.4. The van der Waals surface area contributed by atoms with Gasteiger partial charge in [-0.3, -0.25) is 19.2 Å². The number of nitrogens with one attached hydrogen (secondary N) is 9. The zero-order valence-electron chi connectivity index (χ0n) is 78.9. The van der Waals surface area contributed by atoms with Crippen molar-refractivity contribution >= 4 is 84.6 Å². The second kappa shape index (κ2) is 53.7. The monoisotopic (exact) mass is 1880 g/mol. The minimum atomic E-state index is -1.07. The third-order valence-corrected chi connectivity index (χ3v) is 27.2. The molecule has 5 aliphatic heterocycles. The number of aliphatic hydroxyl groups excluding tert-OH is 3. The second-order valence-electron chi connectivity index (χ2n) is 36.5. The lowest BCUT2D eigenvalue weighted by atomic mass is 9.93. The summed E-state index contributed by atoms with van der Waals surface area (Å²) in [4.78, 5) is 78.9. The Kier molecular flexibility index (Phi) is 39.9. The number of hydrogen-bond donors (Lipinski definition) is 13. The quantitative estimate of drug-likeness (QED) is 0.0125. The fraction of sp³-hybridized carbons (Fsp3) is 0.418. The van der Waals surface area contributed by atoms with Crippen LogP contribution in [0.4, 0.5) is 5.69 Å². The van der Waals surface area contributed by atoms with Gasteiger partial charge < -0.3 is 91.3 Å². The molecule has 0 radical (unpaired) electrons. The number of H-pyrrole nitrogens is 1. The third kappa shape index (κ3) is 32.8. The highest BCUT2D eigenvalue weighted by Crippen LogP contribution is 2.36. The van der Waals surface area contributed by atoms with E-state index in [1.807, 2.05) is 189 Å². The zero-order valence-corrected chi connectivity index (χ0v) is 79.8. The van der Waals surface area contributed by atoms with E-state index in [1.54, 1.807) is 18.2 Å². The number of aliphatic carboxylic acids is 1. The van der Waals surface area contributed by atoms with Crippen molar-refractivity contribution < 1.29 is 67.8 Å². The van der Waals surface area contributed by atoms with Crippen LogP contribution in [0.3, 0.4) is 0 Å². The molecule has 16 rings (SSSR count). The molecule has 8 aromatic carbocycles. The molecule has 137 heavy (non-hydrogen) atoms. The first-order valence-electron chi connectivity index (χ1n) is 49.0. The molecule has 726 valence electrons. The van der Waals surface area contributed by atoms with E-state index in [1.165, 1.54) is 114 Å². The number of aromatic amines is 1. The van der Waals surface area contributed by atoms with Crippen LogP contribution in [0.2, 0.25) is 0 Å². The number of carbonyl (C=O) groups is 5. The van der Waals surface area contributed by atoms with Crippen LogP contribution in [0.15, 0.2) is 247 Å². The van der Waals surface area contributed by atoms with Gasteiger partial charge >= 0.3 is 11.9 Å². The number of oxazole rings is 1. The molecule has 11 aromatic rings. The maximum Gasteiger partial charge on any atom is 0.326 e. The summed E-state index contributed by atoms with van der Waals surface area (Å²) in [6.07, 6.45) is 25.9. The maximum atomic E-state index is 12.8. The van der Waals surface area contributed by atoms with Gasteiger partial charge in [0.05, 0.1) is 60.5 Å². The van der Waals surface area contributed by atoms with Crippen LogP contribution >= 0.6 is 11.3 Å². The van der Waals surface area contributed by atoms with Gasteiger partial charge in [-0.15, -0.1) is 11.3 Å². The fourth-order valence-electron chi connectivity index (χ4n) is 18.0. The van der Waals surface area contributed by atoms with E-state index in [-0.39, 0.29) is 47.3 Å². The molecular weight excluding hydrogens is 1750 g/mol. The smallest absolute Gasteiger partial charge is 0.326 e. The van der Waals surface area contributed by atoms with E-state index >= 15 is 0 Å². The second-order valence-corrected chi connectivity index (χ2v) is 37.5. The fourth-order valence-corrected chi connectivity index (χ4v) is 18.9. The van der Waals surface area contributed by atoms with Crippen LogP contribution in [0.25, 0.3) is 32.2 Å². The zero-order chi connectivity index (χ0) is 95.9. The van der Waals surface area contributed by atoms with E-state index in [9.17, 15) is 44.4 Å². The number of aliphatic hydroxyl groups is 3. The highest BCUT2D eigenvalue weighted by molar-refractivity contribution is 7.20. The first-order valence-corrected chi connectivity index (χ1v) is 49.8. The molecule has 0 bridgehead atoms. The summed E-state index contributed by atoms with van der Waals surface area (Å²) in [6, 6.07) is 59.8. The summed E-state index contributed by atoms with van der Waals surface area (Å²) >= 11 is 1.33. The molecule has 5 unspecified atom stereocenters. The van der Waals surface area contributed by atoms with E-state index in [2.05, 4.69) is 82.2 Å². The molecule has 5 atom stereocenters. The van der Waals surface area contributed by atoms with Gasteiger partial charge in [0.25, 0.3) is 23.6 Å². The van der Waals surface area contributed by atoms with Gasteiger partial charge in [0.1, 0.15) is 63.2 Å². The van der Waals surface area contributed by atoms with Crippen molar-refractivity contribution in [2.75, 3.05) is 78.8 Å². The SMILES string of the molecule is C=C(O)C(Cc1ccc(OCCCCC2CCNCC2)cc1)NC(=O)c1cc2ccccc2[nH]1.C=C(O)C(Cc1ccc(OCCCCC2CCNCC2)cc1)NC(=O)c1nc2ccccc2o1.C=C(O)C(Cc1ccc(OCCCCC2CCNCC2)cc1)NC(=O)c1nc2ccccc2s1.CC1C(C(=O)NC(Cc2ccc(OCCCCC3CCNCC3)cc2)C(=O)O)=Nc2ccccc21. The normalized spacial score (nSPS) is 16.0. The number of para-hydroxylation sites is 5. The molecule has 4 amide bonds. The van der Waals surface area contributed by atoms with Crippen LogP contribution < -0.4 is 61.5 Å². The van der Waals surface area contributed by atoms with Gasteiger partial charge in [-0.1, -0.05) is 162 Å². The molecule has 4 fully saturated rings. The summed E-state index contributed by atoms with van der Waals surface area (Å²) in [5.41, 5.74) is 9.09. The number of carboxylic acid groups (broad SMARTS) is 1. The van der Waals surface area contributed by atoms with Gasteiger partial charge in [-0.05, 0) is 317 Å². The van der Waals surface area contributed by atoms with Crippen LogP contribution in [-0.4, -0.2) is 174 Å².